The van der Waals surface area contributed by atoms with Crippen molar-refractivity contribution in [2.75, 3.05) is 6.54 Å². The van der Waals surface area contributed by atoms with Gasteiger partial charge in [0.2, 0.25) is 0 Å². The normalized spacial score (nSPS) is 11.2. The summed E-state index contributed by atoms with van der Waals surface area (Å²) in [6, 6.07) is 4.91. The van der Waals surface area contributed by atoms with Gasteiger partial charge in [-0.1, -0.05) is 19.9 Å². The van der Waals surface area contributed by atoms with E-state index in [1.807, 2.05) is 30.1 Å². The second-order valence-corrected chi connectivity index (χ2v) is 5.63. The van der Waals surface area contributed by atoms with E-state index in [1.54, 1.807) is 6.07 Å². The Balaban J connectivity index is 1.95. The third-order valence-corrected chi connectivity index (χ3v) is 3.20. The average Bonchev–Trinajstić information content (AvgIpc) is 2.80. The minimum atomic E-state index is -0.185. The van der Waals surface area contributed by atoms with Crippen LogP contribution in [0.1, 0.15) is 30.7 Å². The third-order valence-electron chi connectivity index (χ3n) is 3.20. The van der Waals surface area contributed by atoms with Crippen LogP contribution in [0.25, 0.3) is 0 Å². The molecule has 0 aliphatic heterocycles. The molecule has 0 saturated carbocycles. The van der Waals surface area contributed by atoms with E-state index in [0.717, 1.165) is 36.5 Å². The molecule has 1 N–H and O–H groups in total. The molecule has 0 radical (unpaired) electrons. The lowest BCUT2D eigenvalue weighted by atomic mass is 10.1. The van der Waals surface area contributed by atoms with Gasteiger partial charge in [-0.2, -0.15) is 0 Å². The smallest absolute Gasteiger partial charge is 0.123 e. The van der Waals surface area contributed by atoms with Crippen molar-refractivity contribution in [3.05, 3.63) is 53.4 Å². The van der Waals surface area contributed by atoms with Crippen molar-refractivity contribution in [3.8, 4) is 0 Å². The van der Waals surface area contributed by atoms with Gasteiger partial charge in [-0.05, 0) is 42.6 Å². The average molecular weight is 275 g/mol. The summed E-state index contributed by atoms with van der Waals surface area (Å²) in [5.41, 5.74) is 3.12. The summed E-state index contributed by atoms with van der Waals surface area (Å²) in [5.74, 6) is 0.453. The lowest BCUT2D eigenvalue weighted by molar-refractivity contribution is 0.548. The summed E-state index contributed by atoms with van der Waals surface area (Å²) in [7, 11) is 0. The molecule has 0 unspecified atom stereocenters. The fourth-order valence-corrected chi connectivity index (χ4v) is 2.11. The molecule has 4 heteroatoms. The molecule has 1 heterocycles. The molecule has 20 heavy (non-hydrogen) atoms. The van der Waals surface area contributed by atoms with Gasteiger partial charge in [-0.15, -0.1) is 0 Å². The number of hydrogen-bond donors (Lipinski definition) is 1. The second-order valence-electron chi connectivity index (χ2n) is 5.63. The van der Waals surface area contributed by atoms with E-state index in [1.165, 1.54) is 6.07 Å². The summed E-state index contributed by atoms with van der Waals surface area (Å²) in [6.07, 6.45) is 3.87. The molecule has 2 rings (SSSR count). The topological polar surface area (TPSA) is 29.9 Å². The molecule has 0 aliphatic carbocycles. The van der Waals surface area contributed by atoms with Gasteiger partial charge in [0, 0.05) is 19.3 Å². The van der Waals surface area contributed by atoms with Gasteiger partial charge in [0.25, 0.3) is 0 Å². The van der Waals surface area contributed by atoms with Gasteiger partial charge in [-0.3, -0.25) is 0 Å². The zero-order valence-corrected chi connectivity index (χ0v) is 12.4. The number of halogens is 1. The Labute approximate surface area is 119 Å². The minimum absolute atomic E-state index is 0.185. The number of nitrogens with zero attached hydrogens (tertiary/aromatic N) is 2. The molecule has 1 aromatic heterocycles. The fourth-order valence-electron chi connectivity index (χ4n) is 2.11. The first-order valence-electron chi connectivity index (χ1n) is 7.01. The first-order valence-corrected chi connectivity index (χ1v) is 7.01. The first-order chi connectivity index (χ1) is 9.54. The van der Waals surface area contributed by atoms with Crippen LogP contribution in [0.2, 0.25) is 0 Å². The molecule has 0 saturated heterocycles. The number of nitrogens with one attached hydrogen (secondary N) is 1. The van der Waals surface area contributed by atoms with Gasteiger partial charge in [0.05, 0.1) is 12.0 Å². The fraction of sp³-hybridized carbons (Fsp3) is 0.438. The molecule has 0 atom stereocenters. The lowest BCUT2D eigenvalue weighted by Gasteiger charge is -2.07. The maximum Gasteiger partial charge on any atom is 0.123 e. The van der Waals surface area contributed by atoms with E-state index in [0.29, 0.717) is 5.92 Å². The van der Waals surface area contributed by atoms with E-state index in [-0.39, 0.29) is 5.82 Å². The molecule has 3 nitrogen and oxygen atoms in total. The van der Waals surface area contributed by atoms with Crippen LogP contribution in [-0.4, -0.2) is 16.1 Å². The highest BCUT2D eigenvalue weighted by atomic mass is 19.1. The Bertz CT molecular complexity index is 561. The van der Waals surface area contributed by atoms with Gasteiger partial charge in [0.1, 0.15) is 5.82 Å². The van der Waals surface area contributed by atoms with E-state index >= 15 is 0 Å². The standard InChI is InChI=1S/C16H22FN3/c1-12(2)7-18-8-16-10-20(11-19-16)9-14-4-5-15(17)6-13(14)3/h4-6,10-12,18H,7-9H2,1-3H3. The molecular weight excluding hydrogens is 253 g/mol. The highest BCUT2D eigenvalue weighted by molar-refractivity contribution is 5.26. The van der Waals surface area contributed by atoms with Crippen molar-refractivity contribution in [2.45, 2.75) is 33.9 Å². The number of benzene rings is 1. The van der Waals surface area contributed by atoms with Gasteiger partial charge in [-0.25, -0.2) is 9.37 Å². The molecule has 0 bridgehead atoms. The zero-order valence-electron chi connectivity index (χ0n) is 12.4. The van der Waals surface area contributed by atoms with Crippen LogP contribution >= 0.6 is 0 Å². The maximum absolute atomic E-state index is 13.1. The molecule has 2 aromatic rings. The number of aryl methyl sites for hydroxylation is 1. The summed E-state index contributed by atoms with van der Waals surface area (Å²) < 4.78 is 15.1. The SMILES string of the molecule is Cc1cc(F)ccc1Cn1cnc(CNCC(C)C)c1. The largest absolute Gasteiger partial charge is 0.333 e. The van der Waals surface area contributed by atoms with Crippen molar-refractivity contribution in [1.29, 1.82) is 0 Å². The van der Waals surface area contributed by atoms with Crippen molar-refractivity contribution >= 4 is 0 Å². The zero-order chi connectivity index (χ0) is 14.5. The van der Waals surface area contributed by atoms with Gasteiger partial charge >= 0.3 is 0 Å². The second kappa shape index (κ2) is 6.66. The lowest BCUT2D eigenvalue weighted by Crippen LogP contribution is -2.19. The van der Waals surface area contributed by atoms with Crippen molar-refractivity contribution in [2.24, 2.45) is 5.92 Å². The third kappa shape index (κ3) is 4.17. The van der Waals surface area contributed by atoms with Gasteiger partial charge < -0.3 is 9.88 Å². The minimum Gasteiger partial charge on any atom is -0.333 e. The Morgan fingerprint density at radius 2 is 2.15 bits per heavy atom. The van der Waals surface area contributed by atoms with Crippen LogP contribution in [0.4, 0.5) is 4.39 Å². The van der Waals surface area contributed by atoms with E-state index in [4.69, 9.17) is 0 Å². The number of rotatable bonds is 6. The molecule has 0 amide bonds. The number of aromatic nitrogens is 2. The van der Waals surface area contributed by atoms with E-state index < -0.39 is 0 Å². The van der Waals surface area contributed by atoms with Crippen LogP contribution in [0.5, 0.6) is 0 Å². The van der Waals surface area contributed by atoms with Crippen LogP contribution in [-0.2, 0) is 13.1 Å². The molecule has 1 aromatic carbocycles. The Kier molecular flexibility index (Phi) is 4.90. The monoisotopic (exact) mass is 275 g/mol. The molecule has 0 spiro atoms. The molecule has 0 aliphatic rings. The van der Waals surface area contributed by atoms with Crippen molar-refractivity contribution in [1.82, 2.24) is 14.9 Å². The van der Waals surface area contributed by atoms with Crippen molar-refractivity contribution in [3.63, 3.8) is 0 Å². The molecular formula is C16H22FN3. The van der Waals surface area contributed by atoms with Crippen LogP contribution in [0.3, 0.4) is 0 Å². The van der Waals surface area contributed by atoms with E-state index in [2.05, 4.69) is 24.1 Å². The number of hydrogen-bond acceptors (Lipinski definition) is 2. The maximum atomic E-state index is 13.1. The Hall–Kier alpha value is -1.68. The van der Waals surface area contributed by atoms with Gasteiger partial charge in [0.15, 0.2) is 0 Å². The summed E-state index contributed by atoms with van der Waals surface area (Å²) in [4.78, 5) is 4.38. The van der Waals surface area contributed by atoms with Crippen LogP contribution in [0.15, 0.2) is 30.7 Å². The predicted molar refractivity (Wildman–Crippen MR) is 79.0 cm³/mol. The summed E-state index contributed by atoms with van der Waals surface area (Å²) >= 11 is 0. The highest BCUT2D eigenvalue weighted by Crippen LogP contribution is 2.12. The Morgan fingerprint density at radius 3 is 2.85 bits per heavy atom. The molecule has 108 valence electrons. The quantitative estimate of drug-likeness (QED) is 0.878. The Morgan fingerprint density at radius 1 is 1.35 bits per heavy atom. The number of imidazole rings is 1. The first kappa shape index (κ1) is 14.7. The van der Waals surface area contributed by atoms with Crippen LogP contribution in [0, 0.1) is 18.7 Å². The predicted octanol–water partition coefficient (Wildman–Crippen LogP) is 3.12. The summed E-state index contributed by atoms with van der Waals surface area (Å²) in [5, 5.41) is 3.37. The molecule has 0 fully saturated rings. The summed E-state index contributed by atoms with van der Waals surface area (Å²) in [6.45, 7) is 8.80. The van der Waals surface area contributed by atoms with Crippen LogP contribution < -0.4 is 5.32 Å². The van der Waals surface area contributed by atoms with E-state index in [9.17, 15) is 4.39 Å². The van der Waals surface area contributed by atoms with Crippen molar-refractivity contribution < 1.29 is 4.39 Å². The highest BCUT2D eigenvalue weighted by Gasteiger charge is 2.03.